The van der Waals surface area contributed by atoms with Crippen LogP contribution in [-0.4, -0.2) is 15.2 Å². The van der Waals surface area contributed by atoms with Crippen molar-refractivity contribution in [3.8, 4) is 23.1 Å². The van der Waals surface area contributed by atoms with Crippen LogP contribution in [0.3, 0.4) is 0 Å². The number of halogens is 3. The monoisotopic (exact) mass is 371 g/mol. The lowest BCUT2D eigenvalue weighted by atomic mass is 10.0. The molecule has 0 aliphatic carbocycles. The summed E-state index contributed by atoms with van der Waals surface area (Å²) in [6.45, 7) is 1.69. The Bertz CT molecular complexity index is 1090. The lowest BCUT2D eigenvalue weighted by Gasteiger charge is -2.11. The van der Waals surface area contributed by atoms with E-state index in [1.165, 1.54) is 6.07 Å². The summed E-state index contributed by atoms with van der Waals surface area (Å²) in [5.41, 5.74) is 1.54. The van der Waals surface area contributed by atoms with Gasteiger partial charge in [-0.15, -0.1) is 5.10 Å². The summed E-state index contributed by atoms with van der Waals surface area (Å²) in [6, 6.07) is 13.6. The Hall–Kier alpha value is -3.42. The van der Waals surface area contributed by atoms with Crippen molar-refractivity contribution in [1.29, 1.82) is 0 Å². The zero-order valence-corrected chi connectivity index (χ0v) is 14.0. The minimum absolute atomic E-state index is 0.00600. The minimum Gasteiger partial charge on any atom is -0.409 e. The molecular weight excluding hydrogens is 359 g/mol. The lowest BCUT2D eigenvalue weighted by molar-refractivity contribution is -0.137. The second-order valence-corrected chi connectivity index (χ2v) is 5.83. The number of ether oxygens (including phenoxy) is 1. The molecule has 0 spiro atoms. The zero-order valence-electron chi connectivity index (χ0n) is 14.0. The number of aromatic nitrogens is 3. The molecule has 27 heavy (non-hydrogen) atoms. The van der Waals surface area contributed by atoms with Gasteiger partial charge in [0.1, 0.15) is 5.52 Å². The summed E-state index contributed by atoms with van der Waals surface area (Å²) in [5.74, 6) is 0.00600. The van der Waals surface area contributed by atoms with E-state index in [1.54, 1.807) is 43.3 Å². The number of rotatable bonds is 3. The average molecular weight is 371 g/mol. The Morgan fingerprint density at radius 1 is 0.963 bits per heavy atom. The molecule has 0 N–H and O–H groups in total. The van der Waals surface area contributed by atoms with Crippen molar-refractivity contribution < 1.29 is 22.3 Å². The van der Waals surface area contributed by atoms with E-state index >= 15 is 0 Å². The van der Waals surface area contributed by atoms with Gasteiger partial charge in [-0.2, -0.15) is 23.3 Å². The summed E-state index contributed by atoms with van der Waals surface area (Å²) in [4.78, 5) is 4.19. The first-order valence-corrected chi connectivity index (χ1v) is 7.95. The number of fused-ring (bicyclic) bond motifs is 1. The van der Waals surface area contributed by atoms with Crippen LogP contribution in [0.25, 0.3) is 22.2 Å². The molecule has 0 saturated carbocycles. The fourth-order valence-corrected chi connectivity index (χ4v) is 2.60. The summed E-state index contributed by atoms with van der Waals surface area (Å²) < 4.78 is 50.2. The molecular formula is C19H12F3N3O2. The highest BCUT2D eigenvalue weighted by atomic mass is 19.4. The maximum absolute atomic E-state index is 13.0. The van der Waals surface area contributed by atoms with E-state index in [-0.39, 0.29) is 12.0 Å². The number of para-hydroxylation sites is 2. The van der Waals surface area contributed by atoms with Crippen molar-refractivity contribution >= 4 is 11.1 Å². The van der Waals surface area contributed by atoms with E-state index in [9.17, 15) is 13.2 Å². The summed E-state index contributed by atoms with van der Waals surface area (Å²) >= 11 is 0. The lowest BCUT2D eigenvalue weighted by Crippen LogP contribution is -2.05. The van der Waals surface area contributed by atoms with Crippen LogP contribution >= 0.6 is 0 Å². The van der Waals surface area contributed by atoms with Crippen LogP contribution in [0.4, 0.5) is 13.2 Å². The number of hydrogen-bond acceptors (Lipinski definition) is 5. The summed E-state index contributed by atoms with van der Waals surface area (Å²) in [5, 5.41) is 7.88. The molecule has 0 atom stereocenters. The third-order valence-electron chi connectivity index (χ3n) is 3.84. The topological polar surface area (TPSA) is 61.0 Å². The van der Waals surface area contributed by atoms with Gasteiger partial charge in [-0.1, -0.05) is 24.3 Å². The number of alkyl halides is 3. The van der Waals surface area contributed by atoms with Crippen molar-refractivity contribution in [2.24, 2.45) is 0 Å². The van der Waals surface area contributed by atoms with Gasteiger partial charge >= 0.3 is 12.3 Å². The van der Waals surface area contributed by atoms with Crippen LogP contribution in [0.1, 0.15) is 11.3 Å². The maximum Gasteiger partial charge on any atom is 0.416 e. The van der Waals surface area contributed by atoms with Crippen molar-refractivity contribution in [1.82, 2.24) is 15.2 Å². The average Bonchev–Trinajstić information content (AvgIpc) is 3.05. The molecule has 2 aromatic heterocycles. The van der Waals surface area contributed by atoms with Gasteiger partial charge in [0.2, 0.25) is 0 Å². The van der Waals surface area contributed by atoms with E-state index in [4.69, 9.17) is 9.15 Å². The highest BCUT2D eigenvalue weighted by Crippen LogP contribution is 2.36. The van der Waals surface area contributed by atoms with E-state index in [0.29, 0.717) is 27.9 Å². The van der Waals surface area contributed by atoms with Gasteiger partial charge in [-0.05, 0) is 42.8 Å². The predicted octanol–water partition coefficient (Wildman–Crippen LogP) is 5.40. The highest BCUT2D eigenvalue weighted by Gasteiger charge is 2.30. The van der Waals surface area contributed by atoms with Gasteiger partial charge in [0, 0.05) is 5.56 Å². The molecule has 0 fully saturated rings. The Morgan fingerprint density at radius 3 is 2.56 bits per heavy atom. The molecule has 5 nitrogen and oxygen atoms in total. The molecule has 0 aliphatic rings. The number of aryl methyl sites for hydroxylation is 1. The smallest absolute Gasteiger partial charge is 0.409 e. The second-order valence-electron chi connectivity index (χ2n) is 5.83. The molecule has 0 saturated heterocycles. The van der Waals surface area contributed by atoms with E-state index in [0.717, 1.165) is 12.1 Å². The molecule has 0 aliphatic heterocycles. The molecule has 0 bridgehead atoms. The van der Waals surface area contributed by atoms with E-state index < -0.39 is 11.7 Å². The van der Waals surface area contributed by atoms with Gasteiger partial charge in [-0.25, -0.2) is 0 Å². The minimum atomic E-state index is -4.45. The zero-order chi connectivity index (χ0) is 19.0. The first kappa shape index (κ1) is 17.0. The molecule has 2 aromatic carbocycles. The van der Waals surface area contributed by atoms with Crippen molar-refractivity contribution in [2.75, 3.05) is 0 Å². The van der Waals surface area contributed by atoms with Crippen LogP contribution in [0, 0.1) is 6.92 Å². The maximum atomic E-state index is 13.0. The molecule has 136 valence electrons. The first-order valence-electron chi connectivity index (χ1n) is 7.95. The molecule has 4 aromatic rings. The fourth-order valence-electron chi connectivity index (χ4n) is 2.60. The number of hydrogen-bond donors (Lipinski definition) is 0. The van der Waals surface area contributed by atoms with Crippen LogP contribution in [-0.2, 0) is 6.18 Å². The Labute approximate surface area is 151 Å². The van der Waals surface area contributed by atoms with Crippen molar-refractivity contribution in [3.05, 3.63) is 65.9 Å². The van der Waals surface area contributed by atoms with Gasteiger partial charge in [-0.3, -0.25) is 0 Å². The standard InChI is InChI=1S/C19H12F3N3O2/c1-11-9-14(12-5-4-6-13(10-12)19(20,21)22)17(25-24-11)27-18-23-15-7-2-3-8-16(15)26-18/h2-10H,1H3. The first-order chi connectivity index (χ1) is 12.9. The fraction of sp³-hybridized carbons (Fsp3) is 0.105. The van der Waals surface area contributed by atoms with Crippen molar-refractivity contribution in [3.63, 3.8) is 0 Å². The third kappa shape index (κ3) is 3.46. The SMILES string of the molecule is Cc1cc(-c2cccc(C(F)(F)F)c2)c(Oc2nc3ccccc3o2)nn1. The van der Waals surface area contributed by atoms with Gasteiger partial charge in [0.25, 0.3) is 5.88 Å². The second kappa shape index (κ2) is 6.39. The third-order valence-corrected chi connectivity index (χ3v) is 3.84. The summed E-state index contributed by atoms with van der Waals surface area (Å²) in [7, 11) is 0. The molecule has 2 heterocycles. The number of oxazole rings is 1. The molecule has 0 unspecified atom stereocenters. The van der Waals surface area contributed by atoms with E-state index in [2.05, 4.69) is 15.2 Å². The summed E-state index contributed by atoms with van der Waals surface area (Å²) in [6.07, 6.45) is -4.52. The van der Waals surface area contributed by atoms with Crippen LogP contribution in [0.15, 0.2) is 59.0 Å². The Morgan fingerprint density at radius 2 is 1.78 bits per heavy atom. The Balaban J connectivity index is 1.77. The number of nitrogens with zero attached hydrogens (tertiary/aromatic N) is 3. The van der Waals surface area contributed by atoms with Gasteiger partial charge in [0.15, 0.2) is 5.58 Å². The normalized spacial score (nSPS) is 11.7. The van der Waals surface area contributed by atoms with Gasteiger partial charge in [0.05, 0.1) is 11.3 Å². The van der Waals surface area contributed by atoms with Crippen molar-refractivity contribution in [2.45, 2.75) is 13.1 Å². The molecule has 0 amide bonds. The van der Waals surface area contributed by atoms with Crippen LogP contribution in [0.2, 0.25) is 0 Å². The predicted molar refractivity (Wildman–Crippen MR) is 91.3 cm³/mol. The quantitative estimate of drug-likeness (QED) is 0.482. The largest absolute Gasteiger partial charge is 0.416 e. The van der Waals surface area contributed by atoms with Crippen LogP contribution < -0.4 is 4.74 Å². The Kier molecular flexibility index (Phi) is 4.02. The number of benzene rings is 2. The molecule has 4 rings (SSSR count). The van der Waals surface area contributed by atoms with Gasteiger partial charge < -0.3 is 9.15 Å². The van der Waals surface area contributed by atoms with Crippen LogP contribution in [0.5, 0.6) is 12.0 Å². The molecule has 8 heteroatoms. The van der Waals surface area contributed by atoms with E-state index in [1.807, 2.05) is 0 Å². The molecule has 0 radical (unpaired) electrons. The highest BCUT2D eigenvalue weighted by molar-refractivity contribution is 5.73.